The fraction of sp³-hybridized carbons (Fsp3) is 0.357. The van der Waals surface area contributed by atoms with E-state index in [4.69, 9.17) is 14.2 Å². The molecule has 0 spiro atoms. The van der Waals surface area contributed by atoms with E-state index in [0.29, 0.717) is 12.2 Å². The van der Waals surface area contributed by atoms with Gasteiger partial charge in [-0.25, -0.2) is 9.02 Å². The Morgan fingerprint density at radius 1 is 1.46 bits per heavy atom. The maximum Gasteiger partial charge on any atom is 0.203 e. The normalized spacial score (nSPS) is 16.3. The fourth-order valence-electron chi connectivity index (χ4n) is 2.42. The van der Waals surface area contributed by atoms with Crippen molar-refractivity contribution in [2.24, 2.45) is 5.16 Å². The number of hydrogen-bond acceptors (Lipinski definition) is 8. The lowest BCUT2D eigenvalue weighted by atomic mass is 10.3. The van der Waals surface area contributed by atoms with Crippen LogP contribution in [0.3, 0.4) is 0 Å². The van der Waals surface area contributed by atoms with Gasteiger partial charge in [-0.3, -0.25) is 9.56 Å². The molecule has 2 aromatic rings. The Kier molecular flexibility index (Phi) is 4.88. The van der Waals surface area contributed by atoms with Crippen molar-refractivity contribution in [2.75, 3.05) is 23.4 Å². The molecule has 1 saturated carbocycles. The van der Waals surface area contributed by atoms with Crippen molar-refractivity contribution >= 4 is 42.9 Å². The van der Waals surface area contributed by atoms with E-state index in [1.807, 2.05) is 0 Å². The molecule has 0 radical (unpaired) electrons. The molecule has 0 unspecified atom stereocenters. The topological polar surface area (TPSA) is 143 Å². The highest BCUT2D eigenvalue weighted by Crippen LogP contribution is 2.43. The largest absolute Gasteiger partial charge is 0.409 e. The zero-order valence-electron chi connectivity index (χ0n) is 13.7. The van der Waals surface area contributed by atoms with Crippen LogP contribution in [0.2, 0.25) is 0 Å². The summed E-state index contributed by atoms with van der Waals surface area (Å²) in [6, 6.07) is 4.21. The summed E-state index contributed by atoms with van der Waals surface area (Å²) >= 11 is 3.08. The monoisotopic (exact) mass is 445 g/mol. The van der Waals surface area contributed by atoms with Crippen molar-refractivity contribution in [3.63, 3.8) is 0 Å². The van der Waals surface area contributed by atoms with Gasteiger partial charge in [0.05, 0.1) is 9.22 Å². The van der Waals surface area contributed by atoms with Gasteiger partial charge in [0, 0.05) is 18.5 Å². The number of oxime groups is 1. The molecule has 1 aromatic heterocycles. The van der Waals surface area contributed by atoms with Crippen LogP contribution in [-0.4, -0.2) is 38.9 Å². The van der Waals surface area contributed by atoms with Crippen molar-refractivity contribution in [3.8, 4) is 0 Å². The molecule has 1 aromatic carbocycles. The maximum absolute atomic E-state index is 13.3. The lowest BCUT2D eigenvalue weighted by molar-refractivity contribution is 0.305. The van der Waals surface area contributed by atoms with Gasteiger partial charge >= 0.3 is 0 Å². The highest BCUT2D eigenvalue weighted by atomic mass is 79.9. The van der Waals surface area contributed by atoms with Gasteiger partial charge in [-0.2, -0.15) is 0 Å². The number of halogens is 2. The standard InChI is InChI=1S/C14H17BrFN7O2S/c1-26(17,18)14(4-5-14)7-19-12-11(22-25-23-12)13(21-24)20-8-2-3-10(16)9(15)6-8/h2-3,6,17-18,24H,4-5,7H2,1H3,(H,19,23)(H,20,21). The Hall–Kier alpha value is -2.21. The molecule has 140 valence electrons. The predicted molar refractivity (Wildman–Crippen MR) is 99.5 cm³/mol. The van der Waals surface area contributed by atoms with Crippen molar-refractivity contribution in [1.29, 1.82) is 9.56 Å². The summed E-state index contributed by atoms with van der Waals surface area (Å²) in [5, 5.41) is 25.8. The maximum atomic E-state index is 13.3. The van der Waals surface area contributed by atoms with Gasteiger partial charge < -0.3 is 15.8 Å². The molecule has 12 heteroatoms. The second-order valence-corrected chi connectivity index (χ2v) is 9.68. The number of rotatable bonds is 6. The van der Waals surface area contributed by atoms with E-state index in [1.54, 1.807) is 6.26 Å². The van der Waals surface area contributed by atoms with Crippen molar-refractivity contribution in [2.45, 2.75) is 17.6 Å². The van der Waals surface area contributed by atoms with Gasteiger partial charge in [0.25, 0.3) is 0 Å². The molecule has 3 rings (SSSR count). The molecule has 0 amide bonds. The van der Waals surface area contributed by atoms with E-state index < -0.39 is 15.4 Å². The van der Waals surface area contributed by atoms with E-state index in [0.717, 1.165) is 12.8 Å². The molecule has 5 N–H and O–H groups in total. The first-order chi connectivity index (χ1) is 12.3. The minimum absolute atomic E-state index is 0.0380. The third kappa shape index (κ3) is 3.65. The SMILES string of the molecule is CS(=N)(=N)C1(CNc2nonc2/C(=N/O)Nc2ccc(F)c(Br)c2)CC1. The molecule has 1 heterocycles. The third-order valence-electron chi connectivity index (χ3n) is 4.25. The van der Waals surface area contributed by atoms with Crippen LogP contribution in [-0.2, 0) is 9.62 Å². The first kappa shape index (κ1) is 18.6. The average Bonchev–Trinajstić information content (AvgIpc) is 3.26. The highest BCUT2D eigenvalue weighted by molar-refractivity contribution is 9.10. The summed E-state index contributed by atoms with van der Waals surface area (Å²) in [5.41, 5.74) is 0.600. The van der Waals surface area contributed by atoms with E-state index in [-0.39, 0.29) is 26.6 Å². The first-order valence-electron chi connectivity index (χ1n) is 7.54. The number of anilines is 2. The molecule has 1 aliphatic carbocycles. The summed E-state index contributed by atoms with van der Waals surface area (Å²) < 4.78 is 34.0. The zero-order valence-corrected chi connectivity index (χ0v) is 16.1. The quantitative estimate of drug-likeness (QED) is 0.199. The Morgan fingerprint density at radius 3 is 2.77 bits per heavy atom. The van der Waals surface area contributed by atoms with Crippen molar-refractivity contribution in [3.05, 3.63) is 34.2 Å². The summed E-state index contributed by atoms with van der Waals surface area (Å²) in [4.78, 5) is 0. The third-order valence-corrected chi connectivity index (χ3v) is 7.14. The molecular weight excluding hydrogens is 429 g/mol. The van der Waals surface area contributed by atoms with Crippen LogP contribution in [0, 0.1) is 15.4 Å². The van der Waals surface area contributed by atoms with Gasteiger partial charge in [-0.1, -0.05) is 14.8 Å². The summed E-state index contributed by atoms with van der Waals surface area (Å²) in [7, 11) is -2.22. The van der Waals surface area contributed by atoms with Gasteiger partial charge in [-0.05, 0) is 57.3 Å². The zero-order chi connectivity index (χ0) is 18.9. The fourth-order valence-corrected chi connectivity index (χ4v) is 4.07. The van der Waals surface area contributed by atoms with E-state index in [2.05, 4.69) is 42.0 Å². The average molecular weight is 446 g/mol. The number of nitrogens with one attached hydrogen (secondary N) is 4. The van der Waals surface area contributed by atoms with Crippen LogP contribution in [0.4, 0.5) is 15.9 Å². The summed E-state index contributed by atoms with van der Waals surface area (Å²) in [5.74, 6) is -0.222. The molecule has 0 bridgehead atoms. The van der Waals surface area contributed by atoms with Crippen LogP contribution >= 0.6 is 15.9 Å². The first-order valence-corrected chi connectivity index (χ1v) is 10.4. The molecular formula is C14H17BrFN7O2S. The molecule has 1 aliphatic rings. The number of hydrogen-bond donors (Lipinski definition) is 5. The smallest absolute Gasteiger partial charge is 0.203 e. The second kappa shape index (κ2) is 6.83. The van der Waals surface area contributed by atoms with Crippen LogP contribution in [0.1, 0.15) is 18.5 Å². The van der Waals surface area contributed by atoms with E-state index in [1.165, 1.54) is 18.2 Å². The lowest BCUT2D eigenvalue weighted by Crippen LogP contribution is -2.29. The van der Waals surface area contributed by atoms with Crippen molar-refractivity contribution in [1.82, 2.24) is 10.3 Å². The number of amidine groups is 1. The Labute approximate surface area is 157 Å². The van der Waals surface area contributed by atoms with Crippen LogP contribution < -0.4 is 10.6 Å². The highest BCUT2D eigenvalue weighted by Gasteiger charge is 2.47. The van der Waals surface area contributed by atoms with Crippen molar-refractivity contribution < 1.29 is 14.2 Å². The molecule has 1 fully saturated rings. The molecule has 26 heavy (non-hydrogen) atoms. The van der Waals surface area contributed by atoms with Crippen LogP contribution in [0.15, 0.2) is 32.5 Å². The minimum Gasteiger partial charge on any atom is -0.409 e. The molecule has 0 aliphatic heterocycles. The van der Waals surface area contributed by atoms with Gasteiger partial charge in [0.15, 0.2) is 5.69 Å². The number of benzene rings is 1. The van der Waals surface area contributed by atoms with E-state index >= 15 is 0 Å². The van der Waals surface area contributed by atoms with Gasteiger partial charge in [0.1, 0.15) is 5.82 Å². The Balaban J connectivity index is 1.76. The lowest BCUT2D eigenvalue weighted by Gasteiger charge is -2.19. The summed E-state index contributed by atoms with van der Waals surface area (Å²) in [6.07, 6.45) is 3.25. The minimum atomic E-state index is -2.22. The van der Waals surface area contributed by atoms with Crippen LogP contribution in [0.5, 0.6) is 0 Å². The van der Waals surface area contributed by atoms with Gasteiger partial charge in [-0.15, -0.1) is 0 Å². The van der Waals surface area contributed by atoms with Gasteiger partial charge in [0.2, 0.25) is 11.7 Å². The Morgan fingerprint density at radius 2 is 2.19 bits per heavy atom. The second-order valence-electron chi connectivity index (χ2n) is 6.12. The van der Waals surface area contributed by atoms with Crippen LogP contribution in [0.25, 0.3) is 0 Å². The summed E-state index contributed by atoms with van der Waals surface area (Å²) in [6.45, 7) is 0.383. The molecule has 0 saturated heterocycles. The number of nitrogens with zero attached hydrogens (tertiary/aromatic N) is 3. The number of aromatic nitrogens is 2. The predicted octanol–water partition coefficient (Wildman–Crippen LogP) is 3.47. The Bertz CT molecular complexity index is 956. The van der Waals surface area contributed by atoms with E-state index in [9.17, 15) is 9.60 Å². The molecule has 0 atom stereocenters. The molecule has 9 nitrogen and oxygen atoms in total.